The summed E-state index contributed by atoms with van der Waals surface area (Å²) in [6.07, 6.45) is 1.46. The van der Waals surface area contributed by atoms with Gasteiger partial charge in [0.2, 0.25) is 0 Å². The number of imidazole rings is 1. The number of halogens is 3. The van der Waals surface area contributed by atoms with E-state index in [1.54, 1.807) is 4.90 Å². The third-order valence-corrected chi connectivity index (χ3v) is 2.95. The molecule has 0 unspecified atom stereocenters. The minimum absolute atomic E-state index is 0.223. The van der Waals surface area contributed by atoms with Gasteiger partial charge in [0.25, 0.3) is 6.43 Å². The second-order valence-electron chi connectivity index (χ2n) is 4.01. The molecule has 0 aliphatic rings. The van der Waals surface area contributed by atoms with Crippen LogP contribution in [-0.4, -0.2) is 39.1 Å². The quantitative estimate of drug-likeness (QED) is 0.764. The predicted molar refractivity (Wildman–Crippen MR) is 70.3 cm³/mol. The molecule has 2 heterocycles. The molecule has 2 aromatic heterocycles. The van der Waals surface area contributed by atoms with Gasteiger partial charge in [-0.25, -0.2) is 13.8 Å². The van der Waals surface area contributed by atoms with E-state index in [4.69, 9.17) is 0 Å². The highest BCUT2D eigenvalue weighted by Crippen LogP contribution is 2.09. The van der Waals surface area contributed by atoms with Gasteiger partial charge in [0.15, 0.2) is 0 Å². The Morgan fingerprint density at radius 3 is 2.89 bits per heavy atom. The van der Waals surface area contributed by atoms with Crippen LogP contribution in [0.15, 0.2) is 30.6 Å². The largest absolute Gasteiger partial charge is 0.307 e. The fourth-order valence-corrected chi connectivity index (χ4v) is 2.34. The molecule has 0 saturated carbocycles. The van der Waals surface area contributed by atoms with Crippen molar-refractivity contribution >= 4 is 21.6 Å². The molecule has 3 nitrogen and oxygen atoms in total. The third kappa shape index (κ3) is 3.49. The fraction of sp³-hybridized carbons (Fsp3) is 0.417. The molecule has 0 radical (unpaired) electrons. The molecule has 0 aliphatic heterocycles. The zero-order valence-corrected chi connectivity index (χ0v) is 11.4. The standard InChI is InChI=1S/C12H14BrF2N3/c13-4-6-17(9-11(14)15)7-10-8-18-5-2-1-3-12(18)16-10/h1-3,5,8,11H,4,6-7,9H2. The molecule has 0 amide bonds. The lowest BCUT2D eigenvalue weighted by molar-refractivity contribution is 0.0876. The van der Waals surface area contributed by atoms with Crippen molar-refractivity contribution in [2.24, 2.45) is 0 Å². The van der Waals surface area contributed by atoms with Gasteiger partial charge in [-0.3, -0.25) is 4.90 Å². The normalized spacial score (nSPS) is 11.8. The van der Waals surface area contributed by atoms with Crippen LogP contribution >= 0.6 is 15.9 Å². The van der Waals surface area contributed by atoms with Gasteiger partial charge in [-0.15, -0.1) is 0 Å². The number of nitrogens with zero attached hydrogens (tertiary/aromatic N) is 3. The van der Waals surface area contributed by atoms with Gasteiger partial charge in [-0.2, -0.15) is 0 Å². The zero-order chi connectivity index (χ0) is 13.0. The van der Waals surface area contributed by atoms with Gasteiger partial charge in [-0.05, 0) is 12.1 Å². The lowest BCUT2D eigenvalue weighted by atomic mass is 10.4. The van der Waals surface area contributed by atoms with Gasteiger partial charge in [0.1, 0.15) is 5.65 Å². The van der Waals surface area contributed by atoms with Crippen molar-refractivity contribution in [3.63, 3.8) is 0 Å². The Balaban J connectivity index is 2.09. The van der Waals surface area contributed by atoms with E-state index in [1.165, 1.54) is 0 Å². The second-order valence-corrected chi connectivity index (χ2v) is 4.81. The van der Waals surface area contributed by atoms with Gasteiger partial charge in [0, 0.05) is 30.8 Å². The van der Waals surface area contributed by atoms with E-state index in [0.717, 1.165) is 11.3 Å². The van der Waals surface area contributed by atoms with Crippen molar-refractivity contribution < 1.29 is 8.78 Å². The van der Waals surface area contributed by atoms with Crippen molar-refractivity contribution in [3.8, 4) is 0 Å². The molecule has 18 heavy (non-hydrogen) atoms. The molecule has 0 fully saturated rings. The lowest BCUT2D eigenvalue weighted by Gasteiger charge is -2.19. The van der Waals surface area contributed by atoms with E-state index in [1.807, 2.05) is 35.0 Å². The molecular weight excluding hydrogens is 304 g/mol. The lowest BCUT2D eigenvalue weighted by Crippen LogP contribution is -2.30. The zero-order valence-electron chi connectivity index (χ0n) is 9.77. The summed E-state index contributed by atoms with van der Waals surface area (Å²) < 4.78 is 26.8. The summed E-state index contributed by atoms with van der Waals surface area (Å²) in [7, 11) is 0. The number of fused-ring (bicyclic) bond motifs is 1. The Morgan fingerprint density at radius 2 is 2.22 bits per heavy atom. The number of aromatic nitrogens is 2. The highest BCUT2D eigenvalue weighted by molar-refractivity contribution is 9.09. The van der Waals surface area contributed by atoms with E-state index in [0.29, 0.717) is 18.4 Å². The summed E-state index contributed by atoms with van der Waals surface area (Å²) in [5.41, 5.74) is 1.64. The van der Waals surface area contributed by atoms with Crippen molar-refractivity contribution in [3.05, 3.63) is 36.3 Å². The molecule has 0 spiro atoms. The molecular formula is C12H14BrF2N3. The average Bonchev–Trinajstić information content (AvgIpc) is 2.70. The number of hydrogen-bond donors (Lipinski definition) is 0. The molecule has 0 N–H and O–H groups in total. The Hall–Kier alpha value is -1.01. The smallest absolute Gasteiger partial charge is 0.251 e. The molecule has 0 bridgehead atoms. The van der Waals surface area contributed by atoms with Gasteiger partial charge < -0.3 is 4.40 Å². The van der Waals surface area contributed by atoms with Crippen LogP contribution in [0.2, 0.25) is 0 Å². The number of rotatable bonds is 6. The summed E-state index contributed by atoms with van der Waals surface area (Å²) in [5, 5.41) is 0.674. The van der Waals surface area contributed by atoms with Gasteiger partial charge in [0.05, 0.1) is 12.2 Å². The fourth-order valence-electron chi connectivity index (χ4n) is 1.84. The predicted octanol–water partition coefficient (Wildman–Crippen LogP) is 2.80. The van der Waals surface area contributed by atoms with E-state index >= 15 is 0 Å². The van der Waals surface area contributed by atoms with Crippen LogP contribution in [0.5, 0.6) is 0 Å². The first-order valence-electron chi connectivity index (χ1n) is 5.68. The minimum atomic E-state index is -2.32. The Labute approximate surface area is 113 Å². The summed E-state index contributed by atoms with van der Waals surface area (Å²) >= 11 is 3.28. The molecule has 0 aromatic carbocycles. The van der Waals surface area contributed by atoms with Crippen LogP contribution in [0.1, 0.15) is 5.69 Å². The monoisotopic (exact) mass is 317 g/mol. The summed E-state index contributed by atoms with van der Waals surface area (Å²) in [6.45, 7) is 0.801. The van der Waals surface area contributed by atoms with Gasteiger partial charge >= 0.3 is 0 Å². The number of pyridine rings is 1. The van der Waals surface area contributed by atoms with E-state index in [9.17, 15) is 8.78 Å². The van der Waals surface area contributed by atoms with E-state index in [2.05, 4.69) is 20.9 Å². The highest BCUT2D eigenvalue weighted by atomic mass is 79.9. The van der Waals surface area contributed by atoms with Crippen LogP contribution in [-0.2, 0) is 6.54 Å². The highest BCUT2D eigenvalue weighted by Gasteiger charge is 2.13. The maximum atomic E-state index is 12.4. The van der Waals surface area contributed by atoms with Crippen LogP contribution in [0, 0.1) is 0 Å². The molecule has 98 valence electrons. The molecule has 0 saturated heterocycles. The average molecular weight is 318 g/mol. The Morgan fingerprint density at radius 1 is 1.39 bits per heavy atom. The summed E-state index contributed by atoms with van der Waals surface area (Å²) in [6, 6.07) is 5.71. The Bertz CT molecular complexity index is 468. The first-order chi connectivity index (χ1) is 8.69. The van der Waals surface area contributed by atoms with Crippen LogP contribution < -0.4 is 0 Å². The topological polar surface area (TPSA) is 20.5 Å². The second kappa shape index (κ2) is 6.24. The van der Waals surface area contributed by atoms with Crippen LogP contribution in [0.4, 0.5) is 8.78 Å². The maximum Gasteiger partial charge on any atom is 0.251 e. The van der Waals surface area contributed by atoms with Crippen LogP contribution in [0.3, 0.4) is 0 Å². The van der Waals surface area contributed by atoms with Gasteiger partial charge in [-0.1, -0.05) is 22.0 Å². The van der Waals surface area contributed by atoms with Crippen LogP contribution in [0.25, 0.3) is 5.65 Å². The first kappa shape index (κ1) is 13.4. The number of alkyl halides is 3. The van der Waals surface area contributed by atoms with Crippen molar-refractivity contribution in [2.45, 2.75) is 13.0 Å². The molecule has 0 atom stereocenters. The summed E-state index contributed by atoms with van der Waals surface area (Å²) in [4.78, 5) is 6.10. The number of hydrogen-bond acceptors (Lipinski definition) is 2. The van der Waals surface area contributed by atoms with Crippen molar-refractivity contribution in [1.29, 1.82) is 0 Å². The Kier molecular flexibility index (Phi) is 4.66. The maximum absolute atomic E-state index is 12.4. The molecule has 0 aliphatic carbocycles. The third-order valence-electron chi connectivity index (χ3n) is 2.60. The van der Waals surface area contributed by atoms with Crippen molar-refractivity contribution in [2.75, 3.05) is 18.4 Å². The SMILES string of the molecule is FC(F)CN(CCBr)Cc1cn2ccccc2n1. The van der Waals surface area contributed by atoms with E-state index < -0.39 is 6.43 Å². The van der Waals surface area contributed by atoms with E-state index in [-0.39, 0.29) is 6.54 Å². The van der Waals surface area contributed by atoms with Crippen molar-refractivity contribution in [1.82, 2.24) is 14.3 Å². The molecule has 2 rings (SSSR count). The summed E-state index contributed by atoms with van der Waals surface area (Å²) in [5.74, 6) is 0. The molecule has 6 heteroatoms. The molecule has 2 aromatic rings. The first-order valence-corrected chi connectivity index (χ1v) is 6.80. The minimum Gasteiger partial charge on any atom is -0.307 e.